The summed E-state index contributed by atoms with van der Waals surface area (Å²) in [5.41, 5.74) is 3.13. The van der Waals surface area contributed by atoms with Gasteiger partial charge in [-0.25, -0.2) is 4.79 Å². The summed E-state index contributed by atoms with van der Waals surface area (Å²) in [4.78, 5) is 29.6. The number of carbonyl (C=O) groups is 2. The number of esters is 1. The fourth-order valence-electron chi connectivity index (χ4n) is 3.24. The summed E-state index contributed by atoms with van der Waals surface area (Å²) in [6.45, 7) is 3.74. The van der Waals surface area contributed by atoms with Crippen molar-refractivity contribution in [1.82, 2.24) is 4.98 Å². The van der Waals surface area contributed by atoms with E-state index < -0.39 is 5.97 Å². The van der Waals surface area contributed by atoms with E-state index in [9.17, 15) is 9.59 Å². The molecule has 0 aliphatic rings. The summed E-state index contributed by atoms with van der Waals surface area (Å²) >= 11 is 0. The first-order chi connectivity index (χ1) is 12.4. The number of Topliss-reactive ketones (excluding diaryl/α,β-unsaturated/α-hetero) is 1. The van der Waals surface area contributed by atoms with Gasteiger partial charge in [-0.3, -0.25) is 4.79 Å². The fraction of sp³-hybridized carbons (Fsp3) is 0.238. The number of likely N-dealkylation sites (N-methyl/N-ethyl adjacent to an activating group) is 1. The monoisotopic (exact) mass is 350 g/mol. The topological polar surface area (TPSA) is 62.4 Å². The van der Waals surface area contributed by atoms with Gasteiger partial charge in [0.05, 0.1) is 24.9 Å². The second-order valence-electron chi connectivity index (χ2n) is 6.43. The minimum atomic E-state index is -0.432. The van der Waals surface area contributed by atoms with Crippen LogP contribution < -0.4 is 4.90 Å². The molecule has 2 aromatic carbocycles. The number of ketones is 1. The molecule has 0 atom stereocenters. The number of carbonyl (C=O) groups excluding carboxylic acids is 2. The highest BCUT2D eigenvalue weighted by Crippen LogP contribution is 2.23. The van der Waals surface area contributed by atoms with E-state index in [1.54, 1.807) is 13.8 Å². The van der Waals surface area contributed by atoms with Crippen LogP contribution >= 0.6 is 0 Å². The molecule has 5 nitrogen and oxygen atoms in total. The number of fused-ring (bicyclic) bond motifs is 1. The Balaban J connectivity index is 1.84. The molecule has 1 heterocycles. The zero-order valence-electron chi connectivity index (χ0n) is 15.4. The number of methoxy groups -OCH3 is 1. The molecule has 0 radical (unpaired) electrons. The van der Waals surface area contributed by atoms with E-state index in [2.05, 4.69) is 23.2 Å². The van der Waals surface area contributed by atoms with Crippen LogP contribution in [0.5, 0.6) is 0 Å². The molecule has 0 amide bonds. The number of aromatic nitrogens is 1. The molecule has 3 aromatic rings. The molecule has 26 heavy (non-hydrogen) atoms. The van der Waals surface area contributed by atoms with E-state index in [0.717, 1.165) is 16.5 Å². The molecule has 5 heteroatoms. The van der Waals surface area contributed by atoms with Gasteiger partial charge in [-0.05, 0) is 42.3 Å². The van der Waals surface area contributed by atoms with Gasteiger partial charge in [0.25, 0.3) is 0 Å². The number of aryl methyl sites for hydroxylation is 1. The molecule has 0 unspecified atom stereocenters. The predicted octanol–water partition coefficient (Wildman–Crippen LogP) is 3.89. The summed E-state index contributed by atoms with van der Waals surface area (Å²) in [5, 5.41) is 2.29. The fourth-order valence-corrected chi connectivity index (χ4v) is 3.24. The number of nitrogens with one attached hydrogen (secondary N) is 1. The van der Waals surface area contributed by atoms with E-state index in [0.29, 0.717) is 22.5 Å². The average molecular weight is 350 g/mol. The third-order valence-electron chi connectivity index (χ3n) is 4.66. The van der Waals surface area contributed by atoms with Crippen molar-refractivity contribution in [3.8, 4) is 0 Å². The van der Waals surface area contributed by atoms with Crippen LogP contribution in [0.25, 0.3) is 10.8 Å². The Morgan fingerprint density at radius 3 is 2.46 bits per heavy atom. The lowest BCUT2D eigenvalue weighted by Crippen LogP contribution is -2.26. The average Bonchev–Trinajstić information content (AvgIpc) is 2.95. The van der Waals surface area contributed by atoms with E-state index in [-0.39, 0.29) is 12.3 Å². The zero-order valence-corrected chi connectivity index (χ0v) is 15.4. The highest BCUT2D eigenvalue weighted by atomic mass is 16.5. The highest BCUT2D eigenvalue weighted by Gasteiger charge is 2.23. The SMILES string of the molecule is COC(=O)c1c(C)[nH]c(C(=O)CN(C)c2ccc3ccccc3c2)c1C. The van der Waals surface area contributed by atoms with Crippen LogP contribution in [-0.4, -0.2) is 37.4 Å². The number of rotatable bonds is 5. The Kier molecular flexibility index (Phi) is 4.80. The quantitative estimate of drug-likeness (QED) is 0.560. The summed E-state index contributed by atoms with van der Waals surface area (Å²) in [7, 11) is 3.22. The second-order valence-corrected chi connectivity index (χ2v) is 6.43. The van der Waals surface area contributed by atoms with Gasteiger partial charge in [0.1, 0.15) is 0 Å². The minimum Gasteiger partial charge on any atom is -0.465 e. The maximum Gasteiger partial charge on any atom is 0.339 e. The number of hydrogen-bond acceptors (Lipinski definition) is 4. The first-order valence-corrected chi connectivity index (χ1v) is 8.43. The molecule has 0 aliphatic heterocycles. The number of H-pyrrole nitrogens is 1. The lowest BCUT2D eigenvalue weighted by atomic mass is 10.1. The number of anilines is 1. The van der Waals surface area contributed by atoms with Crippen molar-refractivity contribution < 1.29 is 14.3 Å². The van der Waals surface area contributed by atoms with Crippen LogP contribution in [0, 0.1) is 13.8 Å². The maximum atomic E-state index is 12.8. The Morgan fingerprint density at radius 2 is 1.77 bits per heavy atom. The molecule has 0 saturated carbocycles. The lowest BCUT2D eigenvalue weighted by molar-refractivity contribution is 0.0599. The molecular weight excluding hydrogens is 328 g/mol. The van der Waals surface area contributed by atoms with Crippen LogP contribution in [0.4, 0.5) is 5.69 Å². The van der Waals surface area contributed by atoms with Crippen LogP contribution in [0.1, 0.15) is 32.1 Å². The van der Waals surface area contributed by atoms with Gasteiger partial charge in [-0.2, -0.15) is 0 Å². The maximum absolute atomic E-state index is 12.8. The van der Waals surface area contributed by atoms with Crippen molar-refractivity contribution in [2.24, 2.45) is 0 Å². The van der Waals surface area contributed by atoms with Crippen LogP contribution in [0.2, 0.25) is 0 Å². The van der Waals surface area contributed by atoms with Crippen molar-refractivity contribution in [1.29, 1.82) is 0 Å². The molecule has 0 fully saturated rings. The molecule has 3 rings (SSSR count). The molecule has 0 bridgehead atoms. The van der Waals surface area contributed by atoms with Gasteiger partial charge in [-0.1, -0.05) is 30.3 Å². The van der Waals surface area contributed by atoms with Crippen LogP contribution in [-0.2, 0) is 4.74 Å². The number of benzene rings is 2. The van der Waals surface area contributed by atoms with E-state index in [1.807, 2.05) is 36.2 Å². The standard InChI is InChI=1S/C21H22N2O3/c1-13-19(21(25)26-4)14(2)22-20(13)18(24)12-23(3)17-10-9-15-7-5-6-8-16(15)11-17/h5-11,22H,12H2,1-4H3. The molecule has 1 N–H and O–H groups in total. The molecule has 0 aliphatic carbocycles. The highest BCUT2D eigenvalue weighted by molar-refractivity contribution is 6.03. The van der Waals surface area contributed by atoms with Gasteiger partial charge < -0.3 is 14.6 Å². The molecule has 0 spiro atoms. The number of aromatic amines is 1. The van der Waals surface area contributed by atoms with Gasteiger partial charge in [-0.15, -0.1) is 0 Å². The smallest absolute Gasteiger partial charge is 0.339 e. The van der Waals surface area contributed by atoms with Gasteiger partial charge in [0.2, 0.25) is 0 Å². The van der Waals surface area contributed by atoms with E-state index in [1.165, 1.54) is 7.11 Å². The molecule has 0 saturated heterocycles. The van der Waals surface area contributed by atoms with Crippen molar-refractivity contribution in [2.45, 2.75) is 13.8 Å². The second kappa shape index (κ2) is 7.04. The van der Waals surface area contributed by atoms with Gasteiger partial charge >= 0.3 is 5.97 Å². The van der Waals surface area contributed by atoms with Gasteiger partial charge in [0, 0.05) is 18.4 Å². The van der Waals surface area contributed by atoms with Crippen molar-refractivity contribution >= 4 is 28.2 Å². The summed E-state index contributed by atoms with van der Waals surface area (Å²) < 4.78 is 4.80. The number of ether oxygens (including phenoxy) is 1. The van der Waals surface area contributed by atoms with Crippen molar-refractivity contribution in [3.05, 3.63) is 65.0 Å². The van der Waals surface area contributed by atoms with Crippen LogP contribution in [0.15, 0.2) is 42.5 Å². The number of hydrogen-bond donors (Lipinski definition) is 1. The molecule has 1 aromatic heterocycles. The molecular formula is C21H22N2O3. The Bertz CT molecular complexity index is 988. The zero-order chi connectivity index (χ0) is 18.8. The van der Waals surface area contributed by atoms with E-state index in [4.69, 9.17) is 4.74 Å². The summed E-state index contributed by atoms with van der Waals surface area (Å²) in [6, 6.07) is 14.2. The molecule has 134 valence electrons. The van der Waals surface area contributed by atoms with Crippen molar-refractivity contribution in [2.75, 3.05) is 25.6 Å². The summed E-state index contributed by atoms with van der Waals surface area (Å²) in [6.07, 6.45) is 0. The minimum absolute atomic E-state index is 0.0728. The van der Waals surface area contributed by atoms with Crippen molar-refractivity contribution in [3.63, 3.8) is 0 Å². The Morgan fingerprint density at radius 1 is 1.08 bits per heavy atom. The first-order valence-electron chi connectivity index (χ1n) is 8.43. The third-order valence-corrected chi connectivity index (χ3v) is 4.66. The van der Waals surface area contributed by atoms with Gasteiger partial charge in [0.15, 0.2) is 5.78 Å². The largest absolute Gasteiger partial charge is 0.465 e. The summed E-state index contributed by atoms with van der Waals surface area (Å²) in [5.74, 6) is -0.505. The third kappa shape index (κ3) is 3.20. The van der Waals surface area contributed by atoms with Crippen LogP contribution in [0.3, 0.4) is 0 Å². The first kappa shape index (κ1) is 17.7. The lowest BCUT2D eigenvalue weighted by Gasteiger charge is -2.19. The number of nitrogens with zero attached hydrogens (tertiary/aromatic N) is 1. The van der Waals surface area contributed by atoms with E-state index >= 15 is 0 Å². The Hall–Kier alpha value is -3.08. The normalized spacial score (nSPS) is 10.8. The predicted molar refractivity (Wildman–Crippen MR) is 103 cm³/mol. The Labute approximate surface area is 152 Å².